The topological polar surface area (TPSA) is 80.1 Å². The van der Waals surface area contributed by atoms with Crippen molar-refractivity contribution in [3.63, 3.8) is 0 Å². The minimum absolute atomic E-state index is 0.102. The Morgan fingerprint density at radius 3 is 2.50 bits per heavy atom. The molecule has 16 heavy (non-hydrogen) atoms. The highest BCUT2D eigenvalue weighted by atomic mass is 35.7. The van der Waals surface area contributed by atoms with Crippen LogP contribution in [0.15, 0.2) is 20.2 Å². The summed E-state index contributed by atoms with van der Waals surface area (Å²) in [5.41, 5.74) is 0.0966. The molecule has 86 valence electrons. The monoisotopic (exact) mass is 301 g/mol. The Morgan fingerprint density at radius 2 is 1.94 bits per heavy atom. The lowest BCUT2D eigenvalue weighted by Gasteiger charge is -2.02. The van der Waals surface area contributed by atoms with E-state index in [1.54, 1.807) is 0 Å². The van der Waals surface area contributed by atoms with Gasteiger partial charge in [0.1, 0.15) is 9.92 Å². The maximum Gasteiger partial charge on any atom is 0.417 e. The minimum Gasteiger partial charge on any atom is -0.406 e. The molecule has 0 spiro atoms. The summed E-state index contributed by atoms with van der Waals surface area (Å²) < 4.78 is 27.0. The fraction of sp³-hybridized carbons (Fsp3) is 0. The van der Waals surface area contributed by atoms with E-state index in [1.807, 2.05) is 0 Å². The lowest BCUT2D eigenvalue weighted by molar-refractivity contribution is 0.554. The Balaban J connectivity index is 3.02. The summed E-state index contributed by atoms with van der Waals surface area (Å²) in [6.07, 6.45) is 0. The van der Waals surface area contributed by atoms with Crippen molar-refractivity contribution in [3.8, 4) is 0 Å². The molecule has 0 radical (unpaired) electrons. The van der Waals surface area contributed by atoms with Crippen molar-refractivity contribution in [1.29, 1.82) is 0 Å². The van der Waals surface area contributed by atoms with Crippen LogP contribution in [-0.4, -0.2) is 13.4 Å². The molecule has 1 aromatic carbocycles. The van der Waals surface area contributed by atoms with Gasteiger partial charge in [-0.25, -0.2) is 13.2 Å². The second-order valence-electron chi connectivity index (χ2n) is 2.83. The molecule has 0 saturated carbocycles. The summed E-state index contributed by atoms with van der Waals surface area (Å²) in [4.78, 5) is 12.7. The van der Waals surface area contributed by atoms with Gasteiger partial charge in [-0.1, -0.05) is 23.2 Å². The predicted octanol–water partition coefficient (Wildman–Crippen LogP) is 2.36. The number of oxazole rings is 1. The Hall–Kier alpha value is -0.690. The predicted molar refractivity (Wildman–Crippen MR) is 59.9 cm³/mol. The van der Waals surface area contributed by atoms with E-state index in [4.69, 9.17) is 33.9 Å². The third-order valence-corrected chi connectivity index (χ3v) is 4.06. The number of hydrogen-bond acceptors (Lipinski definition) is 4. The maximum atomic E-state index is 11.2. The first-order chi connectivity index (χ1) is 7.30. The number of hydrogen-bond donors (Lipinski definition) is 1. The van der Waals surface area contributed by atoms with Crippen LogP contribution in [0.1, 0.15) is 0 Å². The third-order valence-electron chi connectivity index (χ3n) is 1.81. The summed E-state index contributed by atoms with van der Waals surface area (Å²) >= 11 is 11.4. The van der Waals surface area contributed by atoms with Gasteiger partial charge in [-0.15, -0.1) is 0 Å². The van der Waals surface area contributed by atoms with Crippen molar-refractivity contribution in [2.24, 2.45) is 0 Å². The van der Waals surface area contributed by atoms with Gasteiger partial charge in [0, 0.05) is 10.7 Å². The molecule has 1 N–H and O–H groups in total. The fourth-order valence-electron chi connectivity index (χ4n) is 1.23. The number of halogens is 3. The summed E-state index contributed by atoms with van der Waals surface area (Å²) in [7, 11) is 1.04. The average Bonchev–Trinajstić information content (AvgIpc) is 2.43. The van der Waals surface area contributed by atoms with Crippen molar-refractivity contribution in [3.05, 3.63) is 26.7 Å². The van der Waals surface area contributed by atoms with E-state index < -0.39 is 19.7 Å². The number of rotatable bonds is 1. The highest BCUT2D eigenvalue weighted by Gasteiger charge is 2.23. The van der Waals surface area contributed by atoms with E-state index in [1.165, 1.54) is 6.07 Å². The van der Waals surface area contributed by atoms with Crippen LogP contribution in [0.3, 0.4) is 0 Å². The number of aromatic nitrogens is 1. The molecule has 0 atom stereocenters. The SMILES string of the molecule is O=c1[nH]c2cc(Cl)c(S(=O)(=O)Cl)c(Cl)c2o1. The van der Waals surface area contributed by atoms with E-state index in [2.05, 4.69) is 9.40 Å². The highest BCUT2D eigenvalue weighted by Crippen LogP contribution is 2.36. The second-order valence-corrected chi connectivity index (χ2v) is 6.12. The lowest BCUT2D eigenvalue weighted by Crippen LogP contribution is -1.94. The van der Waals surface area contributed by atoms with Gasteiger partial charge >= 0.3 is 5.76 Å². The van der Waals surface area contributed by atoms with Crippen molar-refractivity contribution in [1.82, 2.24) is 4.98 Å². The second kappa shape index (κ2) is 3.66. The van der Waals surface area contributed by atoms with Gasteiger partial charge in [0.25, 0.3) is 9.05 Å². The Bertz CT molecular complexity index is 730. The van der Waals surface area contributed by atoms with Crippen molar-refractivity contribution < 1.29 is 12.8 Å². The van der Waals surface area contributed by atoms with E-state index in [0.717, 1.165) is 0 Å². The number of H-pyrrole nitrogens is 1. The maximum absolute atomic E-state index is 11.2. The van der Waals surface area contributed by atoms with E-state index in [9.17, 15) is 13.2 Å². The fourth-order valence-corrected chi connectivity index (χ4v) is 3.65. The zero-order valence-corrected chi connectivity index (χ0v) is 10.3. The van der Waals surface area contributed by atoms with Gasteiger partial charge in [0.05, 0.1) is 10.5 Å². The molecule has 0 fully saturated rings. The molecular formula is C7H2Cl3NO4S. The van der Waals surface area contributed by atoms with Crippen molar-refractivity contribution in [2.75, 3.05) is 0 Å². The molecule has 5 nitrogen and oxygen atoms in total. The molecule has 1 aromatic heterocycles. The van der Waals surface area contributed by atoms with E-state index in [0.29, 0.717) is 0 Å². The summed E-state index contributed by atoms with van der Waals surface area (Å²) in [6.45, 7) is 0. The van der Waals surface area contributed by atoms with Gasteiger partial charge < -0.3 is 4.42 Å². The lowest BCUT2D eigenvalue weighted by atomic mass is 10.3. The summed E-state index contributed by atoms with van der Waals surface area (Å²) in [6, 6.07) is 1.20. The van der Waals surface area contributed by atoms with Crippen LogP contribution < -0.4 is 5.76 Å². The van der Waals surface area contributed by atoms with Crippen LogP contribution in [-0.2, 0) is 9.05 Å². The molecule has 2 rings (SSSR count). The first-order valence-corrected chi connectivity index (χ1v) is 6.82. The zero-order chi connectivity index (χ0) is 12.1. The molecule has 0 aliphatic carbocycles. The van der Waals surface area contributed by atoms with E-state index in [-0.39, 0.29) is 21.1 Å². The average molecular weight is 303 g/mol. The molecule has 9 heteroatoms. The van der Waals surface area contributed by atoms with Gasteiger partial charge in [-0.2, -0.15) is 0 Å². The largest absolute Gasteiger partial charge is 0.417 e. The molecule has 0 unspecified atom stereocenters. The molecule has 0 saturated heterocycles. The standard InChI is InChI=1S/C7H2Cl3NO4S/c8-2-1-3-5(15-7(12)11-3)4(9)6(2)16(10,13)14/h1H,(H,11,12). The smallest absolute Gasteiger partial charge is 0.406 e. The van der Waals surface area contributed by atoms with Crippen LogP contribution in [0.4, 0.5) is 0 Å². The third kappa shape index (κ3) is 1.82. The van der Waals surface area contributed by atoms with Gasteiger partial charge in [0.2, 0.25) is 0 Å². The van der Waals surface area contributed by atoms with Crippen LogP contribution in [0.5, 0.6) is 0 Å². The molecule has 0 aliphatic rings. The van der Waals surface area contributed by atoms with Crippen LogP contribution >= 0.6 is 33.9 Å². The first kappa shape index (κ1) is 11.8. The number of nitrogens with one attached hydrogen (secondary N) is 1. The minimum atomic E-state index is -4.11. The van der Waals surface area contributed by atoms with Gasteiger partial charge in [-0.05, 0) is 6.07 Å². The van der Waals surface area contributed by atoms with Crippen molar-refractivity contribution in [2.45, 2.75) is 4.90 Å². The molecule has 0 bridgehead atoms. The highest BCUT2D eigenvalue weighted by molar-refractivity contribution is 8.14. The Morgan fingerprint density at radius 1 is 1.31 bits per heavy atom. The molecular weight excluding hydrogens is 301 g/mol. The molecule has 1 heterocycles. The molecule has 0 aliphatic heterocycles. The van der Waals surface area contributed by atoms with Crippen LogP contribution in [0.2, 0.25) is 10.0 Å². The van der Waals surface area contributed by atoms with Crippen LogP contribution in [0.25, 0.3) is 11.1 Å². The van der Waals surface area contributed by atoms with Crippen molar-refractivity contribution >= 4 is 54.0 Å². The van der Waals surface area contributed by atoms with E-state index >= 15 is 0 Å². The zero-order valence-electron chi connectivity index (χ0n) is 7.25. The summed E-state index contributed by atoms with van der Waals surface area (Å²) in [5, 5.41) is -0.514. The number of benzene rings is 1. The molecule has 2 aromatic rings. The van der Waals surface area contributed by atoms with Gasteiger partial charge in [0.15, 0.2) is 5.58 Å². The number of fused-ring (bicyclic) bond motifs is 1. The Kier molecular flexibility index (Phi) is 2.70. The quantitative estimate of drug-likeness (QED) is 0.820. The first-order valence-electron chi connectivity index (χ1n) is 3.76. The van der Waals surface area contributed by atoms with Crippen LogP contribution in [0, 0.1) is 0 Å². The van der Waals surface area contributed by atoms with Gasteiger partial charge in [-0.3, -0.25) is 4.98 Å². The number of aromatic amines is 1. The summed E-state index contributed by atoms with van der Waals surface area (Å²) in [5.74, 6) is -0.767. The Labute approximate surface area is 103 Å². The normalized spacial score (nSPS) is 12.2. The molecule has 0 amide bonds.